The summed E-state index contributed by atoms with van der Waals surface area (Å²) in [6.07, 6.45) is -4.83. The summed E-state index contributed by atoms with van der Waals surface area (Å²) in [5, 5.41) is 51.4. The molecular formula is C11H20N2O7S. The molecular weight excluding hydrogens is 304 g/mol. The van der Waals surface area contributed by atoms with Gasteiger partial charge in [-0.25, -0.2) is 0 Å². The highest BCUT2D eigenvalue weighted by Gasteiger charge is 2.41. The molecule has 1 fully saturated rings. The number of hydrogen-bond acceptors (Lipinski definition) is 8. The zero-order chi connectivity index (χ0) is 16.2. The second kappa shape index (κ2) is 7.92. The largest absolute Gasteiger partial charge is 0.480 e. The van der Waals surface area contributed by atoms with Gasteiger partial charge in [0.1, 0.15) is 24.4 Å². The normalized spacial score (nSPS) is 27.7. The lowest BCUT2D eigenvalue weighted by Crippen LogP contribution is -2.59. The van der Waals surface area contributed by atoms with Crippen LogP contribution in [0.15, 0.2) is 0 Å². The summed E-state index contributed by atoms with van der Waals surface area (Å²) >= 11 is 1.17. The van der Waals surface area contributed by atoms with Crippen LogP contribution in [0.3, 0.4) is 0 Å². The molecule has 1 rings (SSSR count). The van der Waals surface area contributed by atoms with Crippen LogP contribution < -0.4 is 10.6 Å². The highest BCUT2D eigenvalue weighted by Crippen LogP contribution is 2.24. The molecule has 122 valence electrons. The molecule has 0 bridgehead atoms. The number of carboxylic acids is 1. The predicted molar refractivity (Wildman–Crippen MR) is 73.5 cm³/mol. The Morgan fingerprint density at radius 2 is 1.95 bits per heavy atom. The lowest BCUT2D eigenvalue weighted by Gasteiger charge is -2.32. The number of aliphatic hydroxyl groups is 4. The van der Waals surface area contributed by atoms with E-state index < -0.39 is 54.3 Å². The minimum Gasteiger partial charge on any atom is -0.480 e. The monoisotopic (exact) mass is 324 g/mol. The summed E-state index contributed by atoms with van der Waals surface area (Å²) < 4.78 is 0. The topological polar surface area (TPSA) is 159 Å². The van der Waals surface area contributed by atoms with Gasteiger partial charge < -0.3 is 30.8 Å². The summed E-state index contributed by atoms with van der Waals surface area (Å²) in [6, 6.07) is -1.85. The summed E-state index contributed by atoms with van der Waals surface area (Å²) in [5.74, 6) is -1.30. The predicted octanol–water partition coefficient (Wildman–Crippen LogP) is -3.32. The first-order valence-electron chi connectivity index (χ1n) is 6.30. The van der Waals surface area contributed by atoms with E-state index >= 15 is 0 Å². The van der Waals surface area contributed by atoms with E-state index in [0.717, 1.165) is 0 Å². The average molecular weight is 324 g/mol. The first kappa shape index (κ1) is 18.1. The van der Waals surface area contributed by atoms with Gasteiger partial charge in [0.2, 0.25) is 5.91 Å². The minimum atomic E-state index is -1.68. The van der Waals surface area contributed by atoms with Crippen LogP contribution in [0.25, 0.3) is 0 Å². The first-order chi connectivity index (χ1) is 9.77. The smallest absolute Gasteiger partial charge is 0.321 e. The zero-order valence-corrected chi connectivity index (χ0v) is 12.2. The van der Waals surface area contributed by atoms with Crippen LogP contribution in [0, 0.1) is 0 Å². The first-order valence-corrected chi connectivity index (χ1v) is 7.35. The van der Waals surface area contributed by atoms with Crippen LogP contribution in [0.1, 0.15) is 6.92 Å². The quantitative estimate of drug-likeness (QED) is 0.254. The van der Waals surface area contributed by atoms with Crippen LogP contribution in [0.2, 0.25) is 0 Å². The standard InChI is InChI=1S/C11H20N2O7S/c1-4(15)12-7(9(18)8(17)6(16)2-14)10-13-5(3-21-10)11(19)20/h5-10,13-14,16-18H,2-3H2,1H3,(H,12,15)(H,19,20)/t5-,6+,7+,8+,9+,10?/m0/s1. The van der Waals surface area contributed by atoms with Crippen molar-refractivity contribution in [1.82, 2.24) is 10.6 Å². The van der Waals surface area contributed by atoms with Crippen LogP contribution >= 0.6 is 11.8 Å². The SMILES string of the molecule is CC(=O)N[C@@H](C1N[C@H](C(=O)O)CS1)[C@@H](O)[C@H](O)[C@H](O)CO. The minimum absolute atomic E-state index is 0.238. The van der Waals surface area contributed by atoms with Crippen molar-refractivity contribution in [2.75, 3.05) is 12.4 Å². The molecule has 0 radical (unpaired) electrons. The Morgan fingerprint density at radius 3 is 2.38 bits per heavy atom. The average Bonchev–Trinajstić information content (AvgIpc) is 2.91. The molecule has 0 aromatic rings. The molecule has 0 saturated carbocycles. The van der Waals surface area contributed by atoms with Gasteiger partial charge in [-0.2, -0.15) is 0 Å². The number of carbonyl (C=O) groups is 2. The number of thioether (sulfide) groups is 1. The van der Waals surface area contributed by atoms with Gasteiger partial charge in [-0.1, -0.05) is 0 Å². The fourth-order valence-electron chi connectivity index (χ4n) is 1.97. The summed E-state index contributed by atoms with van der Waals surface area (Å²) in [7, 11) is 0. The van der Waals surface area contributed by atoms with E-state index in [1.165, 1.54) is 18.7 Å². The Bertz CT molecular complexity index is 384. The van der Waals surface area contributed by atoms with Crippen molar-refractivity contribution in [3.05, 3.63) is 0 Å². The van der Waals surface area contributed by atoms with Gasteiger partial charge in [0.05, 0.1) is 18.0 Å². The maximum absolute atomic E-state index is 11.2. The fourth-order valence-corrected chi connectivity index (χ4v) is 3.30. The lowest BCUT2D eigenvalue weighted by molar-refractivity contribution is -0.138. The highest BCUT2D eigenvalue weighted by molar-refractivity contribution is 8.00. The number of rotatable bonds is 7. The maximum atomic E-state index is 11.2. The number of aliphatic hydroxyl groups excluding tert-OH is 4. The number of carbonyl (C=O) groups excluding carboxylic acids is 1. The number of aliphatic carboxylic acids is 1. The van der Waals surface area contributed by atoms with Crippen molar-refractivity contribution >= 4 is 23.6 Å². The Morgan fingerprint density at radius 1 is 1.33 bits per heavy atom. The van der Waals surface area contributed by atoms with E-state index in [2.05, 4.69) is 10.6 Å². The summed E-state index contributed by atoms with van der Waals surface area (Å²) in [5.41, 5.74) is 0. The maximum Gasteiger partial charge on any atom is 0.321 e. The van der Waals surface area contributed by atoms with Crippen LogP contribution in [-0.2, 0) is 9.59 Å². The lowest BCUT2D eigenvalue weighted by atomic mass is 10.0. The molecule has 7 N–H and O–H groups in total. The second-order valence-corrected chi connectivity index (χ2v) is 5.94. The van der Waals surface area contributed by atoms with Gasteiger partial charge >= 0.3 is 5.97 Å². The van der Waals surface area contributed by atoms with Crippen molar-refractivity contribution in [3.63, 3.8) is 0 Å². The Kier molecular flexibility index (Phi) is 6.84. The molecule has 1 amide bonds. The molecule has 21 heavy (non-hydrogen) atoms. The highest BCUT2D eigenvalue weighted by atomic mass is 32.2. The van der Waals surface area contributed by atoms with Crippen molar-refractivity contribution in [3.8, 4) is 0 Å². The van der Waals surface area contributed by atoms with Crippen molar-refractivity contribution in [2.45, 2.75) is 42.7 Å². The third-order valence-corrected chi connectivity index (χ3v) is 4.42. The molecule has 1 aliphatic heterocycles. The van der Waals surface area contributed by atoms with Crippen molar-refractivity contribution in [1.29, 1.82) is 0 Å². The number of amides is 1. The second-order valence-electron chi connectivity index (χ2n) is 4.77. The third kappa shape index (κ3) is 4.80. The molecule has 0 spiro atoms. The van der Waals surface area contributed by atoms with E-state index in [0.29, 0.717) is 0 Å². The molecule has 9 nitrogen and oxygen atoms in total. The Labute approximate surface area is 125 Å². The van der Waals surface area contributed by atoms with Crippen LogP contribution in [0.4, 0.5) is 0 Å². The van der Waals surface area contributed by atoms with Crippen molar-refractivity contribution < 1.29 is 35.1 Å². The molecule has 0 aromatic heterocycles. The number of hydrogen-bond donors (Lipinski definition) is 7. The van der Waals surface area contributed by atoms with Gasteiger partial charge in [-0.15, -0.1) is 11.8 Å². The number of carboxylic acid groups (broad SMARTS) is 1. The van der Waals surface area contributed by atoms with E-state index in [-0.39, 0.29) is 5.75 Å². The molecule has 1 heterocycles. The molecule has 0 aromatic carbocycles. The molecule has 6 atom stereocenters. The van der Waals surface area contributed by atoms with Crippen molar-refractivity contribution in [2.24, 2.45) is 0 Å². The number of nitrogens with one attached hydrogen (secondary N) is 2. The summed E-state index contributed by atoms with van der Waals surface area (Å²) in [6.45, 7) is 0.455. The molecule has 1 saturated heterocycles. The third-order valence-electron chi connectivity index (χ3n) is 3.10. The zero-order valence-electron chi connectivity index (χ0n) is 11.3. The van der Waals surface area contributed by atoms with Crippen LogP contribution in [0.5, 0.6) is 0 Å². The van der Waals surface area contributed by atoms with Gasteiger partial charge in [0, 0.05) is 12.7 Å². The van der Waals surface area contributed by atoms with Gasteiger partial charge in [0.15, 0.2) is 0 Å². The molecule has 0 aliphatic carbocycles. The molecule has 1 aliphatic rings. The van der Waals surface area contributed by atoms with Gasteiger partial charge in [-0.3, -0.25) is 14.9 Å². The summed E-state index contributed by atoms with van der Waals surface area (Å²) in [4.78, 5) is 22.1. The Hall–Kier alpha value is -0.910. The Balaban J connectivity index is 2.81. The molecule has 10 heteroatoms. The van der Waals surface area contributed by atoms with E-state index in [1.54, 1.807) is 0 Å². The van der Waals surface area contributed by atoms with E-state index in [9.17, 15) is 24.9 Å². The van der Waals surface area contributed by atoms with Gasteiger partial charge in [0.25, 0.3) is 0 Å². The van der Waals surface area contributed by atoms with Gasteiger partial charge in [-0.05, 0) is 0 Å². The van der Waals surface area contributed by atoms with Crippen LogP contribution in [-0.4, -0.2) is 85.5 Å². The van der Waals surface area contributed by atoms with E-state index in [4.69, 9.17) is 10.2 Å². The molecule has 1 unspecified atom stereocenters. The fraction of sp³-hybridized carbons (Fsp3) is 0.818. The van der Waals surface area contributed by atoms with E-state index in [1.807, 2.05) is 0 Å².